The number of fused-ring (bicyclic) bond motifs is 1. The van der Waals surface area contributed by atoms with E-state index in [0.29, 0.717) is 32.7 Å². The molecule has 156 valence electrons. The Hall–Kier alpha value is -2.38. The monoisotopic (exact) mass is 398 g/mol. The van der Waals surface area contributed by atoms with Crippen molar-refractivity contribution in [3.8, 4) is 0 Å². The zero-order valence-electron chi connectivity index (χ0n) is 17.1. The lowest BCUT2D eigenvalue weighted by Crippen LogP contribution is -2.51. The van der Waals surface area contributed by atoms with Crippen LogP contribution in [0.2, 0.25) is 0 Å². The van der Waals surface area contributed by atoms with Gasteiger partial charge in [-0.3, -0.25) is 14.5 Å². The van der Waals surface area contributed by atoms with Crippen LogP contribution < -0.4 is 5.32 Å². The number of carbonyl (C=O) groups is 2. The van der Waals surface area contributed by atoms with Crippen molar-refractivity contribution in [1.82, 2.24) is 14.4 Å². The Morgan fingerprint density at radius 2 is 2.00 bits per heavy atom. The Kier molecular flexibility index (Phi) is 6.16. The summed E-state index contributed by atoms with van der Waals surface area (Å²) in [5.74, 6) is 0.157. The number of benzene rings is 1. The fourth-order valence-electron chi connectivity index (χ4n) is 4.20. The second-order valence-electron chi connectivity index (χ2n) is 7.84. The Labute approximate surface area is 171 Å². The number of hydrogen-bond donors (Lipinski definition) is 1. The molecule has 2 aliphatic rings. The van der Waals surface area contributed by atoms with Crippen molar-refractivity contribution >= 4 is 28.4 Å². The lowest BCUT2D eigenvalue weighted by molar-refractivity contribution is -0.142. The van der Waals surface area contributed by atoms with Crippen LogP contribution in [0, 0.1) is 0 Å². The number of nitrogens with zero attached hydrogens (tertiary/aromatic N) is 3. The maximum absolute atomic E-state index is 12.4. The van der Waals surface area contributed by atoms with Gasteiger partial charge in [0.05, 0.1) is 0 Å². The molecule has 2 aromatic rings. The Morgan fingerprint density at radius 1 is 1.17 bits per heavy atom. The molecule has 0 bridgehead atoms. The molecule has 0 saturated carbocycles. The summed E-state index contributed by atoms with van der Waals surface area (Å²) >= 11 is 0. The largest absolute Gasteiger partial charge is 0.368 e. The third-order valence-electron chi connectivity index (χ3n) is 5.94. The SMILES string of the molecule is CCn1ccc2cc(NC(=O)CCN3CCN(C(=O)[C@@H]4CCCO4)CC3)ccc21. The van der Waals surface area contributed by atoms with Gasteiger partial charge in [-0.15, -0.1) is 0 Å². The van der Waals surface area contributed by atoms with E-state index in [1.54, 1.807) is 0 Å². The molecule has 0 spiro atoms. The van der Waals surface area contributed by atoms with Crippen molar-refractivity contribution in [2.24, 2.45) is 0 Å². The molecule has 2 aliphatic heterocycles. The van der Waals surface area contributed by atoms with Crippen LogP contribution in [0.25, 0.3) is 10.9 Å². The topological polar surface area (TPSA) is 66.8 Å². The van der Waals surface area contributed by atoms with E-state index in [1.165, 1.54) is 5.52 Å². The highest BCUT2D eigenvalue weighted by molar-refractivity contribution is 5.94. The summed E-state index contributed by atoms with van der Waals surface area (Å²) in [6.45, 7) is 7.50. The fraction of sp³-hybridized carbons (Fsp3) is 0.545. The molecular weight excluding hydrogens is 368 g/mol. The zero-order valence-corrected chi connectivity index (χ0v) is 17.1. The molecule has 0 unspecified atom stereocenters. The number of piperazine rings is 1. The van der Waals surface area contributed by atoms with Gasteiger partial charge < -0.3 is 19.5 Å². The summed E-state index contributed by atoms with van der Waals surface area (Å²) < 4.78 is 7.69. The first-order valence-corrected chi connectivity index (χ1v) is 10.7. The Balaban J connectivity index is 1.21. The van der Waals surface area contributed by atoms with Gasteiger partial charge in [0.2, 0.25) is 5.91 Å². The highest BCUT2D eigenvalue weighted by Crippen LogP contribution is 2.21. The molecule has 0 radical (unpaired) electrons. The predicted molar refractivity (Wildman–Crippen MR) is 113 cm³/mol. The van der Waals surface area contributed by atoms with E-state index in [1.807, 2.05) is 17.0 Å². The van der Waals surface area contributed by atoms with E-state index in [4.69, 9.17) is 4.74 Å². The highest BCUT2D eigenvalue weighted by Gasteiger charge is 2.30. The number of hydrogen-bond acceptors (Lipinski definition) is 4. The minimum absolute atomic E-state index is 0.0251. The van der Waals surface area contributed by atoms with Gasteiger partial charge in [0.1, 0.15) is 6.10 Å². The first-order valence-electron chi connectivity index (χ1n) is 10.7. The molecule has 2 amide bonds. The van der Waals surface area contributed by atoms with Crippen molar-refractivity contribution in [2.75, 3.05) is 44.6 Å². The average molecular weight is 399 g/mol. The summed E-state index contributed by atoms with van der Waals surface area (Å²) in [6.07, 6.45) is 4.10. The number of nitrogens with one attached hydrogen (secondary N) is 1. The number of carbonyl (C=O) groups excluding carboxylic acids is 2. The first kappa shape index (κ1) is 19.9. The number of amides is 2. The molecule has 1 aromatic heterocycles. The minimum Gasteiger partial charge on any atom is -0.368 e. The van der Waals surface area contributed by atoms with E-state index >= 15 is 0 Å². The number of ether oxygens (including phenoxy) is 1. The van der Waals surface area contributed by atoms with Crippen molar-refractivity contribution in [3.05, 3.63) is 30.5 Å². The lowest BCUT2D eigenvalue weighted by Gasteiger charge is -2.35. The van der Waals surface area contributed by atoms with Crippen LogP contribution in [0.1, 0.15) is 26.2 Å². The van der Waals surface area contributed by atoms with E-state index in [0.717, 1.165) is 43.5 Å². The van der Waals surface area contributed by atoms with Gasteiger partial charge in [0.15, 0.2) is 0 Å². The van der Waals surface area contributed by atoms with Gasteiger partial charge in [-0.2, -0.15) is 0 Å². The van der Waals surface area contributed by atoms with E-state index < -0.39 is 0 Å². The molecule has 0 aliphatic carbocycles. The van der Waals surface area contributed by atoms with Crippen LogP contribution in [0.15, 0.2) is 30.5 Å². The van der Waals surface area contributed by atoms with Gasteiger partial charge in [0.25, 0.3) is 5.91 Å². The molecule has 2 fully saturated rings. The van der Waals surface area contributed by atoms with Crippen LogP contribution in [0.4, 0.5) is 5.69 Å². The van der Waals surface area contributed by atoms with Crippen molar-refractivity contribution in [1.29, 1.82) is 0 Å². The maximum Gasteiger partial charge on any atom is 0.251 e. The zero-order chi connectivity index (χ0) is 20.2. The molecule has 1 atom stereocenters. The molecule has 1 aromatic carbocycles. The van der Waals surface area contributed by atoms with Crippen LogP contribution in [-0.2, 0) is 20.9 Å². The van der Waals surface area contributed by atoms with Crippen molar-refractivity contribution < 1.29 is 14.3 Å². The van der Waals surface area contributed by atoms with Crippen LogP contribution in [0.5, 0.6) is 0 Å². The summed E-state index contributed by atoms with van der Waals surface area (Å²) in [6, 6.07) is 8.11. The van der Waals surface area contributed by atoms with Gasteiger partial charge in [0, 0.05) is 75.1 Å². The van der Waals surface area contributed by atoms with Gasteiger partial charge in [-0.25, -0.2) is 0 Å². The van der Waals surface area contributed by atoms with Crippen molar-refractivity contribution in [3.63, 3.8) is 0 Å². The molecule has 7 nitrogen and oxygen atoms in total. The van der Waals surface area contributed by atoms with Crippen LogP contribution in [0.3, 0.4) is 0 Å². The quantitative estimate of drug-likeness (QED) is 0.811. The third-order valence-corrected chi connectivity index (χ3v) is 5.94. The van der Waals surface area contributed by atoms with E-state index in [2.05, 4.69) is 40.0 Å². The second kappa shape index (κ2) is 8.97. The minimum atomic E-state index is -0.237. The smallest absolute Gasteiger partial charge is 0.251 e. The normalized spacial score (nSPS) is 20.3. The number of anilines is 1. The van der Waals surface area contributed by atoms with E-state index in [-0.39, 0.29) is 17.9 Å². The van der Waals surface area contributed by atoms with Crippen molar-refractivity contribution in [2.45, 2.75) is 38.8 Å². The van der Waals surface area contributed by atoms with Gasteiger partial charge in [-0.05, 0) is 44.0 Å². The molecule has 2 saturated heterocycles. The standard InChI is InChI=1S/C22H30N4O3/c1-2-25-10-7-17-16-18(5-6-19(17)25)23-21(27)8-9-24-11-13-26(14-12-24)22(28)20-4-3-15-29-20/h5-7,10,16,20H,2-4,8-9,11-15H2,1H3,(H,23,27)/t20-/m0/s1. The number of rotatable bonds is 6. The summed E-state index contributed by atoms with van der Waals surface area (Å²) in [7, 11) is 0. The first-order chi connectivity index (χ1) is 14.1. The molecule has 1 N–H and O–H groups in total. The fourth-order valence-corrected chi connectivity index (χ4v) is 4.20. The lowest BCUT2D eigenvalue weighted by atomic mass is 10.2. The molecule has 4 rings (SSSR count). The average Bonchev–Trinajstić information content (AvgIpc) is 3.42. The summed E-state index contributed by atoms with van der Waals surface area (Å²) in [5.41, 5.74) is 2.02. The number of aryl methyl sites for hydroxylation is 1. The highest BCUT2D eigenvalue weighted by atomic mass is 16.5. The molecular formula is C22H30N4O3. The summed E-state index contributed by atoms with van der Waals surface area (Å²) in [5, 5.41) is 4.14. The summed E-state index contributed by atoms with van der Waals surface area (Å²) in [4.78, 5) is 28.9. The molecule has 7 heteroatoms. The van der Waals surface area contributed by atoms with Gasteiger partial charge >= 0.3 is 0 Å². The predicted octanol–water partition coefficient (Wildman–Crippen LogP) is 2.31. The second-order valence-corrected chi connectivity index (χ2v) is 7.84. The number of aromatic nitrogens is 1. The third kappa shape index (κ3) is 4.62. The van der Waals surface area contributed by atoms with Crippen LogP contribution in [-0.4, -0.2) is 71.6 Å². The van der Waals surface area contributed by atoms with Gasteiger partial charge in [-0.1, -0.05) is 0 Å². The Morgan fingerprint density at radius 3 is 2.72 bits per heavy atom. The molecule has 3 heterocycles. The molecule has 29 heavy (non-hydrogen) atoms. The Bertz CT molecular complexity index is 864. The van der Waals surface area contributed by atoms with E-state index in [9.17, 15) is 9.59 Å². The maximum atomic E-state index is 12.4. The van der Waals surface area contributed by atoms with Crippen LogP contribution >= 0.6 is 0 Å².